The molecule has 0 saturated heterocycles. The quantitative estimate of drug-likeness (QED) is 0.838. The Bertz CT molecular complexity index is 681. The third kappa shape index (κ3) is 2.26. The van der Waals surface area contributed by atoms with Crippen LogP contribution in [0.5, 0.6) is 0 Å². The molecule has 2 aromatic rings. The number of nitrogens with one attached hydrogen (secondary N) is 1. The molecule has 5 heteroatoms. The second kappa shape index (κ2) is 5.05. The average molecular weight is 338 g/mol. The van der Waals surface area contributed by atoms with Crippen LogP contribution in [0.25, 0.3) is 0 Å². The van der Waals surface area contributed by atoms with E-state index in [2.05, 4.69) is 21.2 Å². The molecule has 1 N–H and O–H groups in total. The molecule has 1 aromatic carbocycles. The van der Waals surface area contributed by atoms with Crippen LogP contribution in [0, 0.1) is 12.7 Å². The lowest BCUT2D eigenvalue weighted by molar-refractivity contribution is -0.116. The number of anilines is 1. The van der Waals surface area contributed by atoms with Crippen LogP contribution in [-0.2, 0) is 11.2 Å². The zero-order valence-electron chi connectivity index (χ0n) is 10.9. The van der Waals surface area contributed by atoms with Crippen LogP contribution in [0.2, 0.25) is 0 Å². The lowest BCUT2D eigenvalue weighted by atomic mass is 9.96. The molecule has 20 heavy (non-hydrogen) atoms. The van der Waals surface area contributed by atoms with Crippen molar-refractivity contribution < 1.29 is 13.6 Å². The van der Waals surface area contributed by atoms with Crippen LogP contribution in [0.1, 0.15) is 33.7 Å². The Balaban J connectivity index is 2.02. The Hall–Kier alpha value is -1.62. The number of carbonyl (C=O) groups excluding carboxylic acids is 1. The number of aryl methyl sites for hydroxylation is 2. The van der Waals surface area contributed by atoms with Gasteiger partial charge >= 0.3 is 0 Å². The molecule has 0 radical (unpaired) electrons. The van der Waals surface area contributed by atoms with Gasteiger partial charge < -0.3 is 9.73 Å². The van der Waals surface area contributed by atoms with Gasteiger partial charge in [0, 0.05) is 23.2 Å². The van der Waals surface area contributed by atoms with Gasteiger partial charge in [-0.15, -0.1) is 0 Å². The van der Waals surface area contributed by atoms with Crippen molar-refractivity contribution in [2.45, 2.75) is 24.6 Å². The van der Waals surface area contributed by atoms with Crippen molar-refractivity contribution in [1.82, 2.24) is 0 Å². The van der Waals surface area contributed by atoms with E-state index in [0.717, 1.165) is 16.9 Å². The van der Waals surface area contributed by atoms with Gasteiger partial charge in [-0.2, -0.15) is 0 Å². The summed E-state index contributed by atoms with van der Waals surface area (Å²) in [7, 11) is 0. The smallest absolute Gasteiger partial charge is 0.224 e. The Kier molecular flexibility index (Phi) is 3.38. The zero-order valence-corrected chi connectivity index (χ0v) is 12.5. The van der Waals surface area contributed by atoms with Crippen LogP contribution >= 0.6 is 15.9 Å². The fourth-order valence-electron chi connectivity index (χ4n) is 2.44. The summed E-state index contributed by atoms with van der Waals surface area (Å²) < 4.78 is 19.5. The molecule has 0 spiro atoms. The summed E-state index contributed by atoms with van der Waals surface area (Å²) in [5.74, 6) is 0.358. The predicted molar refractivity (Wildman–Crippen MR) is 77.6 cm³/mol. The number of rotatable bonds is 2. The normalized spacial score (nSPS) is 15.7. The number of carbonyl (C=O) groups is 1. The second-order valence-corrected chi connectivity index (χ2v) is 5.79. The number of alkyl halides is 1. The van der Waals surface area contributed by atoms with Crippen molar-refractivity contribution in [1.29, 1.82) is 0 Å². The lowest BCUT2D eigenvalue weighted by Gasteiger charge is -2.20. The molecule has 0 fully saturated rings. The molecule has 1 aliphatic rings. The summed E-state index contributed by atoms with van der Waals surface area (Å²) in [5, 5.41) is 2.70. The summed E-state index contributed by atoms with van der Waals surface area (Å²) in [6.45, 7) is 1.85. The number of hydrogen-bond acceptors (Lipinski definition) is 2. The fourth-order valence-corrected chi connectivity index (χ4v) is 3.27. The van der Waals surface area contributed by atoms with Gasteiger partial charge in [0.2, 0.25) is 5.91 Å². The largest absolute Gasteiger partial charge is 0.469 e. The third-order valence-electron chi connectivity index (χ3n) is 3.56. The highest BCUT2D eigenvalue weighted by molar-refractivity contribution is 9.09. The van der Waals surface area contributed by atoms with Crippen molar-refractivity contribution >= 4 is 27.5 Å². The fraction of sp³-hybridized carbons (Fsp3) is 0.267. The van der Waals surface area contributed by atoms with E-state index in [1.807, 2.05) is 19.1 Å². The first-order chi connectivity index (χ1) is 9.56. The monoisotopic (exact) mass is 337 g/mol. The van der Waals surface area contributed by atoms with Crippen LogP contribution < -0.4 is 5.32 Å². The predicted octanol–water partition coefficient (Wildman–Crippen LogP) is 4.10. The maximum atomic E-state index is 14.3. The van der Waals surface area contributed by atoms with E-state index in [9.17, 15) is 9.18 Å². The number of benzene rings is 1. The Morgan fingerprint density at radius 1 is 1.35 bits per heavy atom. The van der Waals surface area contributed by atoms with E-state index in [1.54, 1.807) is 6.26 Å². The topological polar surface area (TPSA) is 42.2 Å². The van der Waals surface area contributed by atoms with Crippen LogP contribution in [0.4, 0.5) is 10.1 Å². The molecule has 0 bridgehead atoms. The van der Waals surface area contributed by atoms with Gasteiger partial charge in [0.05, 0.1) is 11.1 Å². The van der Waals surface area contributed by atoms with Crippen molar-refractivity contribution in [2.75, 3.05) is 5.32 Å². The highest BCUT2D eigenvalue weighted by atomic mass is 79.9. The molecule has 3 nitrogen and oxygen atoms in total. The molecule has 1 aromatic heterocycles. The van der Waals surface area contributed by atoms with E-state index in [4.69, 9.17) is 4.42 Å². The number of furan rings is 1. The van der Waals surface area contributed by atoms with Gasteiger partial charge in [-0.05, 0) is 37.1 Å². The molecule has 1 amide bonds. The number of fused-ring (bicyclic) bond motifs is 1. The van der Waals surface area contributed by atoms with E-state index >= 15 is 0 Å². The summed E-state index contributed by atoms with van der Waals surface area (Å²) in [4.78, 5) is 11.1. The van der Waals surface area contributed by atoms with Gasteiger partial charge in [0.1, 0.15) is 11.6 Å². The number of hydrogen-bond donors (Lipinski definition) is 1. The van der Waals surface area contributed by atoms with Gasteiger partial charge in [0.25, 0.3) is 0 Å². The molecule has 2 heterocycles. The Labute approximate surface area is 124 Å². The highest BCUT2D eigenvalue weighted by Gasteiger charge is 2.23. The van der Waals surface area contributed by atoms with E-state index in [1.165, 1.54) is 6.07 Å². The van der Waals surface area contributed by atoms with Crippen molar-refractivity contribution in [3.8, 4) is 0 Å². The van der Waals surface area contributed by atoms with Crippen molar-refractivity contribution in [3.63, 3.8) is 0 Å². The van der Waals surface area contributed by atoms with Crippen LogP contribution in [0.3, 0.4) is 0 Å². The van der Waals surface area contributed by atoms with Crippen molar-refractivity contribution in [2.24, 2.45) is 0 Å². The summed E-state index contributed by atoms with van der Waals surface area (Å²) >= 11 is 3.53. The summed E-state index contributed by atoms with van der Waals surface area (Å²) in [6.07, 6.45) is 2.67. The minimum atomic E-state index is -0.339. The molecule has 3 rings (SSSR count). The maximum Gasteiger partial charge on any atom is 0.224 e. The van der Waals surface area contributed by atoms with Gasteiger partial charge in [0.15, 0.2) is 0 Å². The first kappa shape index (κ1) is 13.4. The maximum absolute atomic E-state index is 14.3. The minimum absolute atomic E-state index is 0.0641. The lowest BCUT2D eigenvalue weighted by Crippen LogP contribution is -2.19. The molecule has 1 aliphatic heterocycles. The minimum Gasteiger partial charge on any atom is -0.469 e. The molecule has 1 atom stereocenters. The van der Waals surface area contributed by atoms with Gasteiger partial charge in [-0.25, -0.2) is 4.39 Å². The molecule has 1 unspecified atom stereocenters. The standard InChI is InChI=1S/C15H13BrFNO2/c1-8-10(4-5-20-8)15(16)11-6-9-2-3-14(19)18-13(9)7-12(11)17/h4-7,15H,2-3H2,1H3,(H,18,19). The van der Waals surface area contributed by atoms with Crippen LogP contribution in [-0.4, -0.2) is 5.91 Å². The third-order valence-corrected chi connectivity index (χ3v) is 4.55. The number of amides is 1. The first-order valence-corrected chi connectivity index (χ1v) is 7.28. The molecular weight excluding hydrogens is 325 g/mol. The molecule has 0 saturated carbocycles. The van der Waals surface area contributed by atoms with E-state index in [-0.39, 0.29) is 16.6 Å². The highest BCUT2D eigenvalue weighted by Crippen LogP contribution is 2.37. The zero-order chi connectivity index (χ0) is 14.3. The van der Waals surface area contributed by atoms with Gasteiger partial charge in [-0.3, -0.25) is 4.79 Å². The Morgan fingerprint density at radius 2 is 2.15 bits per heavy atom. The summed E-state index contributed by atoms with van der Waals surface area (Å²) in [5.41, 5.74) is 3.01. The average Bonchev–Trinajstić information content (AvgIpc) is 2.83. The van der Waals surface area contributed by atoms with E-state index in [0.29, 0.717) is 24.1 Å². The molecular formula is C15H13BrFNO2. The van der Waals surface area contributed by atoms with Crippen LogP contribution in [0.15, 0.2) is 28.9 Å². The summed E-state index contributed by atoms with van der Waals surface area (Å²) in [6, 6.07) is 5.04. The SMILES string of the molecule is Cc1occc1C(Br)c1cc2c(cc1F)NC(=O)CC2. The number of halogens is 2. The first-order valence-electron chi connectivity index (χ1n) is 6.36. The Morgan fingerprint density at radius 3 is 2.85 bits per heavy atom. The second-order valence-electron chi connectivity index (χ2n) is 4.87. The van der Waals surface area contributed by atoms with Crippen molar-refractivity contribution in [3.05, 3.63) is 52.7 Å². The molecule has 0 aliphatic carbocycles. The van der Waals surface area contributed by atoms with E-state index < -0.39 is 0 Å². The molecule has 104 valence electrons. The van der Waals surface area contributed by atoms with Gasteiger partial charge in [-0.1, -0.05) is 15.9 Å².